The Morgan fingerprint density at radius 1 is 1.39 bits per heavy atom. The quantitative estimate of drug-likeness (QED) is 0.229. The van der Waals surface area contributed by atoms with Crippen LogP contribution in [0.15, 0.2) is 0 Å². The number of aliphatic hydroxyl groups is 5. The fourth-order valence-corrected chi connectivity index (χ4v) is 2.25. The van der Waals surface area contributed by atoms with Crippen LogP contribution in [-0.4, -0.2) is 106 Å². The Bertz CT molecular complexity index is 407. The summed E-state index contributed by atoms with van der Waals surface area (Å²) in [5, 5.41) is 49.8. The zero-order chi connectivity index (χ0) is 17.6. The molecule has 0 spiro atoms. The number of nitrogens with one attached hydrogen (secondary N) is 1. The van der Waals surface area contributed by atoms with Gasteiger partial charge in [0.1, 0.15) is 31.0 Å². The molecule has 0 aromatic rings. The van der Waals surface area contributed by atoms with E-state index in [4.69, 9.17) is 9.84 Å². The van der Waals surface area contributed by atoms with Gasteiger partial charge in [-0.2, -0.15) is 0 Å². The number of hydrogen-bond acceptors (Lipinski definition) is 9. The van der Waals surface area contributed by atoms with Crippen molar-refractivity contribution in [1.82, 2.24) is 10.2 Å². The number of nitrogens with zero attached hydrogens (tertiary/aromatic N) is 1. The summed E-state index contributed by atoms with van der Waals surface area (Å²) in [6.45, 7) is -1.14. The second-order valence-corrected chi connectivity index (χ2v) is 5.45. The van der Waals surface area contributed by atoms with Crippen molar-refractivity contribution in [2.45, 2.75) is 36.9 Å². The third-order valence-electron chi connectivity index (χ3n) is 3.51. The second-order valence-electron chi connectivity index (χ2n) is 5.45. The number of carbonyl (C=O) groups excluding carboxylic acids is 2. The average molecular weight is 336 g/mol. The summed E-state index contributed by atoms with van der Waals surface area (Å²) in [7, 11) is 1.53. The van der Waals surface area contributed by atoms with Crippen molar-refractivity contribution < 1.29 is 39.9 Å². The molecule has 10 nitrogen and oxygen atoms in total. The summed E-state index contributed by atoms with van der Waals surface area (Å²) < 4.78 is 5.03. The summed E-state index contributed by atoms with van der Waals surface area (Å²) in [4.78, 5) is 24.5. The van der Waals surface area contributed by atoms with E-state index in [1.54, 1.807) is 0 Å². The predicted octanol–water partition coefficient (Wildman–Crippen LogP) is -4.21. The third kappa shape index (κ3) is 5.68. The van der Waals surface area contributed by atoms with E-state index in [0.717, 1.165) is 4.90 Å². The highest BCUT2D eigenvalue weighted by Gasteiger charge is 2.35. The maximum atomic E-state index is 11.9. The van der Waals surface area contributed by atoms with Crippen molar-refractivity contribution in [2.24, 2.45) is 0 Å². The van der Waals surface area contributed by atoms with Crippen LogP contribution in [-0.2, 0) is 14.3 Å². The first-order chi connectivity index (χ1) is 10.8. The number of likely N-dealkylation sites (tertiary alicyclic amines) is 1. The highest BCUT2D eigenvalue weighted by Crippen LogP contribution is 2.12. The molecule has 1 rings (SSSR count). The molecule has 0 saturated carbocycles. The molecule has 6 N–H and O–H groups in total. The molecule has 1 saturated heterocycles. The van der Waals surface area contributed by atoms with E-state index in [1.165, 1.54) is 7.05 Å². The lowest BCUT2D eigenvalue weighted by Crippen LogP contribution is -2.51. The molecule has 1 aliphatic rings. The number of hydrogen-bond donors (Lipinski definition) is 6. The van der Waals surface area contributed by atoms with Crippen LogP contribution in [0.4, 0.5) is 0 Å². The van der Waals surface area contributed by atoms with Gasteiger partial charge in [0.05, 0.1) is 19.1 Å². The van der Waals surface area contributed by atoms with Crippen molar-refractivity contribution in [3.63, 3.8) is 0 Å². The van der Waals surface area contributed by atoms with Crippen LogP contribution in [0, 0.1) is 0 Å². The van der Waals surface area contributed by atoms with Crippen molar-refractivity contribution in [1.29, 1.82) is 0 Å². The molecule has 1 amide bonds. The first-order valence-electron chi connectivity index (χ1n) is 7.25. The van der Waals surface area contributed by atoms with E-state index in [1.807, 2.05) is 0 Å². The number of likely N-dealkylation sites (N-methyl/N-ethyl adjacent to an activating group) is 1. The Hall–Kier alpha value is -1.30. The molecule has 0 aromatic carbocycles. The number of aliphatic hydroxyl groups excluding tert-OH is 5. The number of ether oxygens (including phenoxy) is 1. The molecule has 1 fully saturated rings. The first kappa shape index (κ1) is 19.7. The molecular formula is C13H24N2O8. The van der Waals surface area contributed by atoms with Gasteiger partial charge in [0, 0.05) is 13.1 Å². The number of esters is 1. The second kappa shape index (κ2) is 9.11. The van der Waals surface area contributed by atoms with Gasteiger partial charge in [-0.05, 0) is 7.05 Å². The molecular weight excluding hydrogens is 312 g/mol. The minimum Gasteiger partial charge on any atom is -0.457 e. The van der Waals surface area contributed by atoms with Crippen molar-refractivity contribution in [3.05, 3.63) is 0 Å². The Morgan fingerprint density at radius 2 is 2.04 bits per heavy atom. The van der Waals surface area contributed by atoms with Crippen molar-refractivity contribution >= 4 is 11.9 Å². The van der Waals surface area contributed by atoms with Gasteiger partial charge < -0.3 is 40.5 Å². The maximum Gasteiger partial charge on any atom is 0.326 e. The molecule has 0 radical (unpaired) electrons. The first-order valence-corrected chi connectivity index (χ1v) is 7.25. The summed E-state index contributed by atoms with van der Waals surface area (Å²) in [6, 6.07) is 0. The molecule has 0 bridgehead atoms. The average Bonchev–Trinajstić information content (AvgIpc) is 2.82. The molecule has 0 aliphatic carbocycles. The van der Waals surface area contributed by atoms with Gasteiger partial charge in [-0.3, -0.25) is 9.59 Å². The monoisotopic (exact) mass is 336 g/mol. The summed E-state index contributed by atoms with van der Waals surface area (Å²) >= 11 is 0. The Kier molecular flexibility index (Phi) is 7.82. The summed E-state index contributed by atoms with van der Waals surface area (Å²) in [5.41, 5.74) is 0. The van der Waals surface area contributed by atoms with Crippen LogP contribution >= 0.6 is 0 Å². The lowest BCUT2D eigenvalue weighted by atomic mass is 10.0. The number of β-amino-alcohol motifs (C(OH)–C–C–N with tert-alkyl or cyclic N) is 1. The standard InChI is InChI=1S/C13H24N2O8/c1-14-3-9(13(22)12(21)8(18)6-16)23-11(20)5-15-4-7(17)2-10(15)19/h7-9,12-14,16-18,21-22H,2-6H2,1H3/t7-,8+,9-,12+,13+/m0/s1. The largest absolute Gasteiger partial charge is 0.457 e. The van der Waals surface area contributed by atoms with E-state index >= 15 is 0 Å². The van der Waals surface area contributed by atoms with Crippen LogP contribution in [0.25, 0.3) is 0 Å². The van der Waals surface area contributed by atoms with E-state index < -0.39 is 43.1 Å². The summed E-state index contributed by atoms with van der Waals surface area (Å²) in [5.74, 6) is -1.20. The van der Waals surface area contributed by atoms with Gasteiger partial charge in [-0.15, -0.1) is 0 Å². The zero-order valence-electron chi connectivity index (χ0n) is 12.8. The maximum absolute atomic E-state index is 11.9. The highest BCUT2D eigenvalue weighted by atomic mass is 16.6. The topological polar surface area (TPSA) is 160 Å². The molecule has 5 atom stereocenters. The van der Waals surface area contributed by atoms with Crippen LogP contribution in [0.3, 0.4) is 0 Å². The minimum absolute atomic E-state index is 0.0152. The van der Waals surface area contributed by atoms with Crippen molar-refractivity contribution in [3.8, 4) is 0 Å². The van der Waals surface area contributed by atoms with Gasteiger partial charge in [0.15, 0.2) is 0 Å². The zero-order valence-corrected chi connectivity index (χ0v) is 12.8. The molecule has 23 heavy (non-hydrogen) atoms. The fourth-order valence-electron chi connectivity index (χ4n) is 2.25. The normalized spacial score (nSPS) is 23.5. The van der Waals surface area contributed by atoms with E-state index in [0.29, 0.717) is 0 Å². The van der Waals surface area contributed by atoms with E-state index in [-0.39, 0.29) is 32.0 Å². The van der Waals surface area contributed by atoms with Gasteiger partial charge in [-0.1, -0.05) is 0 Å². The predicted molar refractivity (Wildman–Crippen MR) is 76.1 cm³/mol. The van der Waals surface area contributed by atoms with E-state index in [9.17, 15) is 30.0 Å². The Morgan fingerprint density at radius 3 is 2.52 bits per heavy atom. The van der Waals surface area contributed by atoms with Crippen LogP contribution in [0.2, 0.25) is 0 Å². The lowest BCUT2D eigenvalue weighted by Gasteiger charge is -2.29. The SMILES string of the molecule is CNC[C@H](OC(=O)CN1C[C@@H](O)CC1=O)[C@@H](O)[C@H](O)[C@H](O)CO. The molecule has 0 aromatic heterocycles. The Balaban J connectivity index is 2.60. The highest BCUT2D eigenvalue weighted by molar-refractivity contribution is 5.84. The smallest absolute Gasteiger partial charge is 0.326 e. The molecule has 134 valence electrons. The van der Waals surface area contributed by atoms with Gasteiger partial charge in [0.25, 0.3) is 0 Å². The van der Waals surface area contributed by atoms with Crippen LogP contribution in [0.1, 0.15) is 6.42 Å². The van der Waals surface area contributed by atoms with Crippen LogP contribution in [0.5, 0.6) is 0 Å². The molecule has 1 heterocycles. The lowest BCUT2D eigenvalue weighted by molar-refractivity contribution is -0.167. The number of carbonyl (C=O) groups is 2. The number of rotatable bonds is 9. The van der Waals surface area contributed by atoms with Gasteiger partial charge in [0.2, 0.25) is 5.91 Å². The summed E-state index contributed by atoms with van der Waals surface area (Å²) in [6.07, 6.45) is -6.99. The molecule has 0 unspecified atom stereocenters. The Labute approximate surface area is 133 Å². The van der Waals surface area contributed by atoms with Crippen molar-refractivity contribution in [2.75, 3.05) is 33.3 Å². The number of amides is 1. The van der Waals surface area contributed by atoms with Crippen LogP contribution < -0.4 is 5.32 Å². The molecule has 1 aliphatic heterocycles. The van der Waals surface area contributed by atoms with Gasteiger partial charge >= 0.3 is 5.97 Å². The third-order valence-corrected chi connectivity index (χ3v) is 3.51. The molecule has 10 heteroatoms. The van der Waals surface area contributed by atoms with Gasteiger partial charge in [-0.25, -0.2) is 0 Å². The fraction of sp³-hybridized carbons (Fsp3) is 0.846. The minimum atomic E-state index is -1.71. The van der Waals surface area contributed by atoms with E-state index in [2.05, 4.69) is 5.32 Å².